The van der Waals surface area contributed by atoms with Crippen LogP contribution in [-0.4, -0.2) is 103 Å². The van der Waals surface area contributed by atoms with Gasteiger partial charge in [-0.3, -0.25) is 4.90 Å². The largest absolute Gasteiger partial charge is 0.495 e. The molecule has 2 N–H and O–H groups in total. The summed E-state index contributed by atoms with van der Waals surface area (Å²) < 4.78 is 11.1. The normalized spacial score (nSPS) is 18.0. The highest BCUT2D eigenvalue weighted by Crippen LogP contribution is 2.36. The summed E-state index contributed by atoms with van der Waals surface area (Å²) in [5, 5.41) is 4.28. The summed E-state index contributed by atoms with van der Waals surface area (Å²) in [6, 6.07) is 7.23. The molecule has 2 aliphatic rings. The molecule has 0 unspecified atom stereocenters. The van der Waals surface area contributed by atoms with Gasteiger partial charge < -0.3 is 29.6 Å². The fourth-order valence-electron chi connectivity index (χ4n) is 5.49. The van der Waals surface area contributed by atoms with Crippen molar-refractivity contribution in [2.45, 2.75) is 38.8 Å². The molecule has 10 heteroatoms. The molecule has 0 bridgehead atoms. The lowest BCUT2D eigenvalue weighted by molar-refractivity contribution is 0.144. The van der Waals surface area contributed by atoms with Crippen molar-refractivity contribution < 1.29 is 9.47 Å². The van der Waals surface area contributed by atoms with Gasteiger partial charge in [0.2, 0.25) is 0 Å². The molecule has 0 saturated carbocycles. The van der Waals surface area contributed by atoms with Crippen molar-refractivity contribution in [3.8, 4) is 17.1 Å². The van der Waals surface area contributed by atoms with E-state index in [-0.39, 0.29) is 0 Å². The Hall–Kier alpha value is -2.59. The number of piperazine rings is 1. The molecule has 0 aliphatic carbocycles. The van der Waals surface area contributed by atoms with Gasteiger partial charge in [0.05, 0.1) is 36.3 Å². The van der Waals surface area contributed by atoms with Crippen LogP contribution in [0.4, 0.5) is 11.4 Å². The molecule has 206 valence electrons. The smallest absolute Gasteiger partial charge is 0.159 e. The summed E-state index contributed by atoms with van der Waals surface area (Å²) in [7, 11) is 3.48. The third-order valence-electron chi connectivity index (χ3n) is 7.85. The molecule has 0 atom stereocenters. The van der Waals surface area contributed by atoms with Crippen LogP contribution in [0, 0.1) is 0 Å². The Bertz CT molecular complexity index is 1220. The lowest BCUT2D eigenvalue weighted by atomic mass is 10.0. The third kappa shape index (κ3) is 5.86. The molecule has 0 radical (unpaired) electrons. The van der Waals surface area contributed by atoms with E-state index in [2.05, 4.69) is 62.0 Å². The number of methoxy groups -OCH3 is 2. The summed E-state index contributed by atoms with van der Waals surface area (Å²) in [5.74, 6) is 1.59. The van der Waals surface area contributed by atoms with Crippen molar-refractivity contribution in [2.75, 3.05) is 76.9 Å². The molecule has 3 aromatic rings. The topological polar surface area (TPSA) is 81.8 Å². The molecule has 9 nitrogen and oxygen atoms in total. The number of ether oxygens (including phenoxy) is 2. The van der Waals surface area contributed by atoms with Crippen LogP contribution in [-0.2, 0) is 4.74 Å². The SMILES string of the molecule is COCCN1CCN(c2ccc(-c3nc4c(NC5CCN(C(C)C)CC5)c(Cl)cnc4[nH]3)cc2OC)CC1. The second kappa shape index (κ2) is 12.1. The van der Waals surface area contributed by atoms with E-state index in [0.717, 1.165) is 105 Å². The average molecular weight is 542 g/mol. The molecule has 1 aromatic carbocycles. The predicted molar refractivity (Wildman–Crippen MR) is 155 cm³/mol. The fourth-order valence-corrected chi connectivity index (χ4v) is 5.68. The number of benzene rings is 1. The number of piperidine rings is 1. The second-order valence-corrected chi connectivity index (χ2v) is 10.9. The average Bonchev–Trinajstić information content (AvgIpc) is 3.38. The van der Waals surface area contributed by atoms with E-state index in [1.165, 1.54) is 0 Å². The number of anilines is 2. The van der Waals surface area contributed by atoms with Crippen LogP contribution in [0.1, 0.15) is 26.7 Å². The summed E-state index contributed by atoms with van der Waals surface area (Å²) in [5.41, 5.74) is 4.41. The van der Waals surface area contributed by atoms with Crippen LogP contribution in [0.25, 0.3) is 22.6 Å². The highest BCUT2D eigenvalue weighted by Gasteiger charge is 2.24. The molecule has 5 rings (SSSR count). The lowest BCUT2D eigenvalue weighted by Crippen LogP contribution is -2.47. The van der Waals surface area contributed by atoms with Crippen LogP contribution >= 0.6 is 11.6 Å². The molecular formula is C28H40ClN7O2. The lowest BCUT2D eigenvalue weighted by Gasteiger charge is -2.36. The number of aromatic nitrogens is 3. The van der Waals surface area contributed by atoms with Gasteiger partial charge in [-0.05, 0) is 44.9 Å². The Morgan fingerprint density at radius 2 is 1.87 bits per heavy atom. The number of imidazole rings is 1. The van der Waals surface area contributed by atoms with E-state index in [9.17, 15) is 0 Å². The maximum atomic E-state index is 6.62. The van der Waals surface area contributed by atoms with Crippen LogP contribution in [0.3, 0.4) is 0 Å². The highest BCUT2D eigenvalue weighted by molar-refractivity contribution is 6.34. The number of likely N-dealkylation sites (tertiary alicyclic amines) is 1. The molecule has 2 fully saturated rings. The quantitative estimate of drug-likeness (QED) is 0.414. The molecule has 2 aliphatic heterocycles. The van der Waals surface area contributed by atoms with E-state index < -0.39 is 0 Å². The first-order chi connectivity index (χ1) is 18.5. The van der Waals surface area contributed by atoms with Crippen LogP contribution < -0.4 is 15.0 Å². The van der Waals surface area contributed by atoms with E-state index >= 15 is 0 Å². The Labute approximate surface area is 230 Å². The number of fused-ring (bicyclic) bond motifs is 1. The van der Waals surface area contributed by atoms with Crippen LogP contribution in [0.15, 0.2) is 24.4 Å². The standard InChI is InChI=1S/C28H40ClN7O2/c1-19(2)35-9-7-21(8-10-35)31-25-22(29)18-30-28-26(25)32-27(33-28)20-5-6-23(24(17-20)38-4)36-13-11-34(12-14-36)15-16-37-3/h5-6,17-19,21H,7-16H2,1-4H3,(H2,30,31,32,33). The van der Waals surface area contributed by atoms with Crippen molar-refractivity contribution in [3.63, 3.8) is 0 Å². The maximum absolute atomic E-state index is 6.62. The zero-order valence-corrected chi connectivity index (χ0v) is 23.7. The molecular weight excluding hydrogens is 502 g/mol. The number of aromatic amines is 1. The van der Waals surface area contributed by atoms with Gasteiger partial charge in [-0.2, -0.15) is 0 Å². The number of pyridine rings is 1. The van der Waals surface area contributed by atoms with Gasteiger partial charge in [-0.25, -0.2) is 9.97 Å². The van der Waals surface area contributed by atoms with Gasteiger partial charge in [0.15, 0.2) is 5.65 Å². The number of nitrogens with zero attached hydrogens (tertiary/aromatic N) is 5. The Morgan fingerprint density at radius 1 is 1.11 bits per heavy atom. The van der Waals surface area contributed by atoms with Gasteiger partial charge in [-0.1, -0.05) is 11.6 Å². The summed E-state index contributed by atoms with van der Waals surface area (Å²) in [4.78, 5) is 20.2. The number of halogens is 1. The molecule has 38 heavy (non-hydrogen) atoms. The number of hydrogen-bond acceptors (Lipinski definition) is 8. The van der Waals surface area contributed by atoms with Gasteiger partial charge in [-0.15, -0.1) is 0 Å². The zero-order valence-electron chi connectivity index (χ0n) is 23.0. The van der Waals surface area contributed by atoms with E-state index in [1.54, 1.807) is 20.4 Å². The number of hydrogen-bond donors (Lipinski definition) is 2. The van der Waals surface area contributed by atoms with Gasteiger partial charge in [0, 0.05) is 70.6 Å². The van der Waals surface area contributed by atoms with E-state index in [4.69, 9.17) is 26.1 Å². The van der Waals surface area contributed by atoms with Crippen molar-refractivity contribution in [1.82, 2.24) is 24.8 Å². The minimum Gasteiger partial charge on any atom is -0.495 e. The Balaban J connectivity index is 1.34. The first kappa shape index (κ1) is 27.0. The monoisotopic (exact) mass is 541 g/mol. The predicted octanol–water partition coefficient (Wildman–Crippen LogP) is 4.34. The maximum Gasteiger partial charge on any atom is 0.159 e. The first-order valence-corrected chi connectivity index (χ1v) is 14.0. The molecule has 2 saturated heterocycles. The van der Waals surface area contributed by atoms with Gasteiger partial charge in [0.25, 0.3) is 0 Å². The number of nitrogens with one attached hydrogen (secondary N) is 2. The summed E-state index contributed by atoms with van der Waals surface area (Å²) >= 11 is 6.62. The van der Waals surface area contributed by atoms with E-state index in [0.29, 0.717) is 17.1 Å². The van der Waals surface area contributed by atoms with Crippen molar-refractivity contribution >= 4 is 34.1 Å². The highest BCUT2D eigenvalue weighted by atomic mass is 35.5. The molecule has 2 aromatic heterocycles. The zero-order chi connectivity index (χ0) is 26.6. The number of rotatable bonds is 9. The number of H-pyrrole nitrogens is 1. The second-order valence-electron chi connectivity index (χ2n) is 10.5. The first-order valence-electron chi connectivity index (χ1n) is 13.7. The van der Waals surface area contributed by atoms with Crippen LogP contribution in [0.5, 0.6) is 5.75 Å². The van der Waals surface area contributed by atoms with Crippen LogP contribution in [0.2, 0.25) is 5.02 Å². The minimum atomic E-state index is 0.364. The van der Waals surface area contributed by atoms with E-state index in [1.807, 2.05) is 0 Å². The van der Waals surface area contributed by atoms with Crippen molar-refractivity contribution in [2.24, 2.45) is 0 Å². The van der Waals surface area contributed by atoms with Crippen molar-refractivity contribution in [3.05, 3.63) is 29.4 Å². The summed E-state index contributed by atoms with van der Waals surface area (Å²) in [6.45, 7) is 12.4. The Morgan fingerprint density at radius 3 is 2.55 bits per heavy atom. The molecule has 0 spiro atoms. The minimum absolute atomic E-state index is 0.364. The molecule has 4 heterocycles. The third-order valence-corrected chi connectivity index (χ3v) is 8.14. The van der Waals surface area contributed by atoms with Gasteiger partial charge >= 0.3 is 0 Å². The summed E-state index contributed by atoms with van der Waals surface area (Å²) in [6.07, 6.45) is 3.86. The Kier molecular flexibility index (Phi) is 8.57. The van der Waals surface area contributed by atoms with Crippen molar-refractivity contribution in [1.29, 1.82) is 0 Å². The molecule has 0 amide bonds. The fraction of sp³-hybridized carbons (Fsp3) is 0.571. The van der Waals surface area contributed by atoms with Gasteiger partial charge in [0.1, 0.15) is 17.1 Å².